The molecule has 2 amide bonds. The summed E-state index contributed by atoms with van der Waals surface area (Å²) in [5.41, 5.74) is 0.0509. The Morgan fingerprint density at radius 2 is 2.00 bits per heavy atom. The van der Waals surface area contributed by atoms with E-state index in [2.05, 4.69) is 26.1 Å². The maximum Gasteiger partial charge on any atom is 0.317 e. The molecule has 2 saturated heterocycles. The first kappa shape index (κ1) is 18.0. The van der Waals surface area contributed by atoms with Crippen molar-refractivity contribution in [2.24, 2.45) is 17.3 Å². The van der Waals surface area contributed by atoms with Crippen molar-refractivity contribution in [3.63, 3.8) is 0 Å². The zero-order valence-corrected chi connectivity index (χ0v) is 14.5. The number of ether oxygens (including phenoxy) is 1. The average molecular weight is 326 g/mol. The van der Waals surface area contributed by atoms with Gasteiger partial charge in [-0.15, -0.1) is 0 Å². The lowest BCUT2D eigenvalue weighted by atomic mass is 9.78. The first-order valence-corrected chi connectivity index (χ1v) is 8.66. The lowest BCUT2D eigenvalue weighted by molar-refractivity contribution is -0.143. The van der Waals surface area contributed by atoms with Crippen LogP contribution in [0.3, 0.4) is 0 Å². The minimum Gasteiger partial charge on any atom is -0.481 e. The maximum absolute atomic E-state index is 12.3. The van der Waals surface area contributed by atoms with Crippen molar-refractivity contribution in [1.29, 1.82) is 0 Å². The van der Waals surface area contributed by atoms with E-state index in [1.807, 2.05) is 0 Å². The third kappa shape index (κ3) is 4.83. The van der Waals surface area contributed by atoms with Gasteiger partial charge < -0.3 is 20.1 Å². The summed E-state index contributed by atoms with van der Waals surface area (Å²) in [6.45, 7) is 8.83. The molecule has 23 heavy (non-hydrogen) atoms. The molecule has 2 aliphatic rings. The third-order valence-electron chi connectivity index (χ3n) is 4.87. The fraction of sp³-hybridized carbons (Fsp3) is 0.882. The number of carbonyl (C=O) groups excluding carboxylic acids is 1. The molecule has 0 bridgehead atoms. The van der Waals surface area contributed by atoms with Gasteiger partial charge in [-0.25, -0.2) is 4.79 Å². The molecule has 6 heteroatoms. The van der Waals surface area contributed by atoms with E-state index in [4.69, 9.17) is 9.84 Å². The van der Waals surface area contributed by atoms with Crippen molar-refractivity contribution in [2.75, 3.05) is 26.2 Å². The van der Waals surface area contributed by atoms with Gasteiger partial charge in [0.1, 0.15) is 0 Å². The summed E-state index contributed by atoms with van der Waals surface area (Å²) in [5.74, 6) is -0.932. The average Bonchev–Trinajstić information content (AvgIpc) is 2.52. The Kier molecular flexibility index (Phi) is 5.89. The van der Waals surface area contributed by atoms with Gasteiger partial charge in [0.15, 0.2) is 0 Å². The number of nitrogens with one attached hydrogen (secondary N) is 1. The summed E-state index contributed by atoms with van der Waals surface area (Å²) in [6, 6.07) is -0.144. The van der Waals surface area contributed by atoms with Crippen LogP contribution in [-0.4, -0.2) is 54.4 Å². The van der Waals surface area contributed by atoms with Crippen LogP contribution in [0.25, 0.3) is 0 Å². The zero-order valence-electron chi connectivity index (χ0n) is 14.5. The molecule has 2 fully saturated rings. The molecule has 3 unspecified atom stereocenters. The fourth-order valence-corrected chi connectivity index (χ4v) is 3.70. The predicted molar refractivity (Wildman–Crippen MR) is 87.3 cm³/mol. The summed E-state index contributed by atoms with van der Waals surface area (Å²) >= 11 is 0. The van der Waals surface area contributed by atoms with E-state index in [1.54, 1.807) is 4.90 Å². The largest absolute Gasteiger partial charge is 0.481 e. The number of hydrogen-bond donors (Lipinski definition) is 2. The van der Waals surface area contributed by atoms with Gasteiger partial charge in [0, 0.05) is 32.2 Å². The molecule has 2 heterocycles. The number of hydrogen-bond acceptors (Lipinski definition) is 3. The van der Waals surface area contributed by atoms with E-state index >= 15 is 0 Å². The van der Waals surface area contributed by atoms with Gasteiger partial charge in [-0.3, -0.25) is 4.79 Å². The van der Waals surface area contributed by atoms with Gasteiger partial charge in [-0.2, -0.15) is 0 Å². The number of carboxylic acid groups (broad SMARTS) is 1. The lowest BCUT2D eigenvalue weighted by Gasteiger charge is -2.40. The number of aliphatic carboxylic acids is 1. The van der Waals surface area contributed by atoms with Crippen LogP contribution in [0.4, 0.5) is 4.79 Å². The molecule has 0 aromatic carbocycles. The Hall–Kier alpha value is -1.30. The van der Waals surface area contributed by atoms with E-state index in [-0.39, 0.29) is 17.6 Å². The van der Waals surface area contributed by atoms with Gasteiger partial charge in [0.2, 0.25) is 0 Å². The zero-order chi connectivity index (χ0) is 17.0. The molecule has 2 aliphatic heterocycles. The molecule has 0 spiro atoms. The van der Waals surface area contributed by atoms with Crippen LogP contribution in [0.2, 0.25) is 0 Å². The smallest absolute Gasteiger partial charge is 0.317 e. The molecule has 3 atom stereocenters. The molecule has 0 aliphatic carbocycles. The SMILES string of the molecule is CC(C)(C)C1OCCCC1CNC(=O)N1CCCC(C(=O)O)C1. The topological polar surface area (TPSA) is 78.9 Å². The van der Waals surface area contributed by atoms with Crippen molar-refractivity contribution < 1.29 is 19.4 Å². The van der Waals surface area contributed by atoms with Gasteiger partial charge in [0.25, 0.3) is 0 Å². The highest BCUT2D eigenvalue weighted by Crippen LogP contribution is 2.33. The van der Waals surface area contributed by atoms with Crippen molar-refractivity contribution in [3.05, 3.63) is 0 Å². The summed E-state index contributed by atoms with van der Waals surface area (Å²) in [4.78, 5) is 25.1. The quantitative estimate of drug-likeness (QED) is 0.834. The number of carboxylic acids is 1. The van der Waals surface area contributed by atoms with Gasteiger partial charge in [0.05, 0.1) is 12.0 Å². The minimum atomic E-state index is -0.809. The Morgan fingerprint density at radius 3 is 2.65 bits per heavy atom. The van der Waals surface area contributed by atoms with Crippen LogP contribution >= 0.6 is 0 Å². The van der Waals surface area contributed by atoms with E-state index in [1.165, 1.54) is 0 Å². The van der Waals surface area contributed by atoms with Crippen LogP contribution in [0, 0.1) is 17.3 Å². The third-order valence-corrected chi connectivity index (χ3v) is 4.87. The number of nitrogens with zero attached hydrogens (tertiary/aromatic N) is 1. The number of likely N-dealkylation sites (tertiary alicyclic amines) is 1. The molecular weight excluding hydrogens is 296 g/mol. The van der Waals surface area contributed by atoms with E-state index in [0.29, 0.717) is 32.0 Å². The second kappa shape index (κ2) is 7.51. The maximum atomic E-state index is 12.3. The molecule has 2 N–H and O–H groups in total. The summed E-state index contributed by atoms with van der Waals surface area (Å²) in [5, 5.41) is 12.1. The Bertz CT molecular complexity index is 433. The van der Waals surface area contributed by atoms with Crippen LogP contribution < -0.4 is 5.32 Å². The van der Waals surface area contributed by atoms with Gasteiger partial charge >= 0.3 is 12.0 Å². The number of rotatable bonds is 3. The molecule has 132 valence electrons. The first-order chi connectivity index (χ1) is 10.8. The highest BCUT2D eigenvalue weighted by molar-refractivity contribution is 5.76. The van der Waals surface area contributed by atoms with Crippen molar-refractivity contribution in [1.82, 2.24) is 10.2 Å². The Morgan fingerprint density at radius 1 is 1.26 bits per heavy atom. The molecule has 0 radical (unpaired) electrons. The monoisotopic (exact) mass is 326 g/mol. The highest BCUT2D eigenvalue weighted by atomic mass is 16.5. The lowest BCUT2D eigenvalue weighted by Crippen LogP contribution is -2.50. The number of urea groups is 1. The number of piperidine rings is 1. The van der Waals surface area contributed by atoms with E-state index < -0.39 is 11.9 Å². The molecule has 2 rings (SSSR count). The van der Waals surface area contributed by atoms with Gasteiger partial charge in [-0.1, -0.05) is 20.8 Å². The predicted octanol–water partition coefficient (Wildman–Crippen LogP) is 2.33. The summed E-state index contributed by atoms with van der Waals surface area (Å²) in [6.07, 6.45) is 3.63. The van der Waals surface area contributed by atoms with Crippen molar-refractivity contribution in [2.45, 2.75) is 52.6 Å². The van der Waals surface area contributed by atoms with E-state index in [9.17, 15) is 9.59 Å². The number of amides is 2. The standard InChI is InChI=1S/C17H30N2O4/c1-17(2,3)14-12(7-5-9-23-14)10-18-16(22)19-8-4-6-13(11-19)15(20)21/h12-14H,4-11H2,1-3H3,(H,18,22)(H,20,21). The van der Waals surface area contributed by atoms with Gasteiger partial charge in [-0.05, 0) is 31.1 Å². The molecule has 0 saturated carbocycles. The van der Waals surface area contributed by atoms with Crippen molar-refractivity contribution >= 4 is 12.0 Å². The highest BCUT2D eigenvalue weighted by Gasteiger charge is 2.36. The van der Waals surface area contributed by atoms with Crippen molar-refractivity contribution in [3.8, 4) is 0 Å². The Labute approximate surface area is 138 Å². The molecule has 6 nitrogen and oxygen atoms in total. The number of carbonyl (C=O) groups is 2. The summed E-state index contributed by atoms with van der Waals surface area (Å²) < 4.78 is 5.94. The fourth-order valence-electron chi connectivity index (χ4n) is 3.70. The second-order valence-electron chi connectivity index (χ2n) is 7.87. The van der Waals surface area contributed by atoms with Crippen LogP contribution in [0.1, 0.15) is 46.5 Å². The Balaban J connectivity index is 1.86. The second-order valence-corrected chi connectivity index (χ2v) is 7.87. The summed E-state index contributed by atoms with van der Waals surface area (Å²) in [7, 11) is 0. The first-order valence-electron chi connectivity index (χ1n) is 8.66. The minimum absolute atomic E-state index is 0.0509. The molecule has 0 aromatic heterocycles. The molecule has 0 aromatic rings. The van der Waals surface area contributed by atoms with Crippen LogP contribution in [-0.2, 0) is 9.53 Å². The van der Waals surface area contributed by atoms with E-state index in [0.717, 1.165) is 25.9 Å². The molecular formula is C17H30N2O4. The normalized spacial score (nSPS) is 29.2. The van der Waals surface area contributed by atoms with Crippen LogP contribution in [0.5, 0.6) is 0 Å². The van der Waals surface area contributed by atoms with Crippen LogP contribution in [0.15, 0.2) is 0 Å².